The molecule has 29 heavy (non-hydrogen) atoms. The van der Waals surface area contributed by atoms with Crippen molar-refractivity contribution in [1.29, 1.82) is 0 Å². The zero-order chi connectivity index (χ0) is 20.4. The zero-order valence-corrected chi connectivity index (χ0v) is 16.9. The molecule has 150 valence electrons. The summed E-state index contributed by atoms with van der Waals surface area (Å²) in [4.78, 5) is 31.4. The van der Waals surface area contributed by atoms with Crippen LogP contribution in [0.25, 0.3) is 5.65 Å². The van der Waals surface area contributed by atoms with Gasteiger partial charge in [-0.3, -0.25) is 9.59 Å². The van der Waals surface area contributed by atoms with Gasteiger partial charge in [0.25, 0.3) is 5.91 Å². The third-order valence-corrected chi connectivity index (χ3v) is 5.44. The largest absolute Gasteiger partial charge is 0.355 e. The maximum atomic E-state index is 12.9. The van der Waals surface area contributed by atoms with E-state index in [0.29, 0.717) is 42.3 Å². The van der Waals surface area contributed by atoms with Gasteiger partial charge in [-0.15, -0.1) is 0 Å². The van der Waals surface area contributed by atoms with E-state index in [1.165, 1.54) is 0 Å². The Morgan fingerprint density at radius 2 is 2.03 bits per heavy atom. The molecule has 1 fully saturated rings. The zero-order valence-electron chi connectivity index (χ0n) is 16.1. The van der Waals surface area contributed by atoms with Crippen LogP contribution >= 0.6 is 11.6 Å². The Labute approximate surface area is 173 Å². The van der Waals surface area contributed by atoms with E-state index < -0.39 is 0 Å². The first kappa shape index (κ1) is 19.4. The first-order valence-corrected chi connectivity index (χ1v) is 10.0. The topological polar surface area (TPSA) is 79.6 Å². The van der Waals surface area contributed by atoms with Crippen LogP contribution in [0.15, 0.2) is 42.9 Å². The SMILES string of the molecule is Cc1cnc2c(C(=O)N3CC[C@@H](C(=O)NCCc4ccc(Cl)cc4)C3)cnn2c1. The number of halogens is 1. The molecular weight excluding hydrogens is 390 g/mol. The Balaban J connectivity index is 1.32. The van der Waals surface area contributed by atoms with Crippen LogP contribution in [0.3, 0.4) is 0 Å². The second-order valence-corrected chi connectivity index (χ2v) is 7.80. The number of likely N-dealkylation sites (tertiary alicyclic amines) is 1. The van der Waals surface area contributed by atoms with Crippen molar-refractivity contribution < 1.29 is 9.59 Å². The lowest BCUT2D eigenvalue weighted by Crippen LogP contribution is -2.35. The van der Waals surface area contributed by atoms with Crippen LogP contribution in [0.4, 0.5) is 0 Å². The fraction of sp³-hybridized carbons (Fsp3) is 0.333. The Kier molecular flexibility index (Phi) is 5.49. The maximum absolute atomic E-state index is 12.9. The number of fused-ring (bicyclic) bond motifs is 1. The van der Waals surface area contributed by atoms with Gasteiger partial charge in [0.05, 0.1) is 12.1 Å². The van der Waals surface area contributed by atoms with E-state index in [4.69, 9.17) is 11.6 Å². The van der Waals surface area contributed by atoms with Crippen LogP contribution in [-0.4, -0.2) is 50.9 Å². The summed E-state index contributed by atoms with van der Waals surface area (Å²) in [5, 5.41) is 7.90. The molecule has 0 aliphatic carbocycles. The van der Waals surface area contributed by atoms with Crippen molar-refractivity contribution in [3.05, 3.63) is 64.6 Å². The van der Waals surface area contributed by atoms with E-state index in [1.807, 2.05) is 37.4 Å². The molecule has 8 heteroatoms. The average Bonchev–Trinajstić information content (AvgIpc) is 3.36. The lowest BCUT2D eigenvalue weighted by molar-refractivity contribution is -0.124. The van der Waals surface area contributed by atoms with Gasteiger partial charge < -0.3 is 10.2 Å². The summed E-state index contributed by atoms with van der Waals surface area (Å²) in [6.07, 6.45) is 6.49. The molecule has 1 N–H and O–H groups in total. The van der Waals surface area contributed by atoms with Crippen LogP contribution in [0.1, 0.15) is 27.9 Å². The van der Waals surface area contributed by atoms with Crippen molar-refractivity contribution in [3.63, 3.8) is 0 Å². The molecule has 1 aliphatic heterocycles. The highest BCUT2D eigenvalue weighted by molar-refractivity contribution is 6.30. The van der Waals surface area contributed by atoms with Gasteiger partial charge in [0.15, 0.2) is 5.65 Å². The van der Waals surface area contributed by atoms with E-state index in [-0.39, 0.29) is 17.7 Å². The Morgan fingerprint density at radius 1 is 1.24 bits per heavy atom. The maximum Gasteiger partial charge on any atom is 0.259 e. The van der Waals surface area contributed by atoms with Gasteiger partial charge in [-0.2, -0.15) is 5.10 Å². The first-order chi connectivity index (χ1) is 14.0. The molecule has 2 aromatic heterocycles. The molecule has 0 bridgehead atoms. The summed E-state index contributed by atoms with van der Waals surface area (Å²) in [7, 11) is 0. The van der Waals surface area contributed by atoms with E-state index in [9.17, 15) is 9.59 Å². The highest BCUT2D eigenvalue weighted by atomic mass is 35.5. The minimum atomic E-state index is -0.193. The molecule has 1 atom stereocenters. The van der Waals surface area contributed by atoms with Crippen LogP contribution in [0.2, 0.25) is 5.02 Å². The number of rotatable bonds is 5. The molecule has 1 aromatic carbocycles. The molecule has 4 rings (SSSR count). The van der Waals surface area contributed by atoms with E-state index in [1.54, 1.807) is 21.8 Å². The van der Waals surface area contributed by atoms with Crippen molar-refractivity contribution in [3.8, 4) is 0 Å². The normalized spacial score (nSPS) is 16.3. The molecule has 0 spiro atoms. The minimum absolute atomic E-state index is 0.0112. The predicted molar refractivity (Wildman–Crippen MR) is 110 cm³/mol. The van der Waals surface area contributed by atoms with E-state index in [0.717, 1.165) is 17.5 Å². The van der Waals surface area contributed by atoms with Gasteiger partial charge in [0, 0.05) is 37.1 Å². The summed E-state index contributed by atoms with van der Waals surface area (Å²) in [6.45, 7) is 3.45. The fourth-order valence-electron chi connectivity index (χ4n) is 3.57. The number of nitrogens with one attached hydrogen (secondary N) is 1. The molecular formula is C21H22ClN5O2. The first-order valence-electron chi connectivity index (χ1n) is 9.62. The van der Waals surface area contributed by atoms with Crippen molar-refractivity contribution in [2.24, 2.45) is 5.92 Å². The van der Waals surface area contributed by atoms with Crippen molar-refractivity contribution in [2.75, 3.05) is 19.6 Å². The lowest BCUT2D eigenvalue weighted by atomic mass is 10.1. The third kappa shape index (κ3) is 4.24. The number of carbonyl (C=O) groups excluding carboxylic acids is 2. The summed E-state index contributed by atoms with van der Waals surface area (Å²) < 4.78 is 1.61. The standard InChI is InChI=1S/C21H22ClN5O2/c1-14-10-24-19-18(11-25-27(19)12-14)21(29)26-9-7-16(13-26)20(28)23-8-6-15-2-4-17(22)5-3-15/h2-5,10-12,16H,6-9,13H2,1H3,(H,23,28)/t16-/m1/s1. The lowest BCUT2D eigenvalue weighted by Gasteiger charge is -2.16. The van der Waals surface area contributed by atoms with E-state index >= 15 is 0 Å². The Hall–Kier alpha value is -2.93. The Morgan fingerprint density at radius 3 is 2.83 bits per heavy atom. The van der Waals surface area contributed by atoms with Gasteiger partial charge in [-0.05, 0) is 43.0 Å². The number of aromatic nitrogens is 3. The molecule has 3 heterocycles. The van der Waals surface area contributed by atoms with Crippen LogP contribution in [0.5, 0.6) is 0 Å². The highest BCUT2D eigenvalue weighted by Crippen LogP contribution is 2.20. The number of carbonyl (C=O) groups is 2. The molecule has 1 aliphatic rings. The fourth-order valence-corrected chi connectivity index (χ4v) is 3.70. The third-order valence-electron chi connectivity index (χ3n) is 5.19. The minimum Gasteiger partial charge on any atom is -0.355 e. The molecule has 1 saturated heterocycles. The second kappa shape index (κ2) is 8.21. The van der Waals surface area contributed by atoms with Gasteiger partial charge in [-0.25, -0.2) is 9.50 Å². The van der Waals surface area contributed by atoms with Gasteiger partial charge in [-0.1, -0.05) is 23.7 Å². The molecule has 3 aromatic rings. The van der Waals surface area contributed by atoms with Crippen LogP contribution in [-0.2, 0) is 11.2 Å². The highest BCUT2D eigenvalue weighted by Gasteiger charge is 2.32. The second-order valence-electron chi connectivity index (χ2n) is 7.36. The molecule has 0 radical (unpaired) electrons. The van der Waals surface area contributed by atoms with Crippen LogP contribution < -0.4 is 5.32 Å². The number of benzene rings is 1. The number of hydrogen-bond donors (Lipinski definition) is 1. The average molecular weight is 412 g/mol. The van der Waals surface area contributed by atoms with Gasteiger partial charge in [0.2, 0.25) is 5.91 Å². The monoisotopic (exact) mass is 411 g/mol. The van der Waals surface area contributed by atoms with Gasteiger partial charge >= 0.3 is 0 Å². The molecule has 2 amide bonds. The van der Waals surface area contributed by atoms with Crippen molar-refractivity contribution in [1.82, 2.24) is 24.8 Å². The van der Waals surface area contributed by atoms with Crippen molar-refractivity contribution >= 4 is 29.1 Å². The number of amides is 2. The summed E-state index contributed by atoms with van der Waals surface area (Å²) in [6, 6.07) is 7.60. The predicted octanol–water partition coefficient (Wildman–Crippen LogP) is 2.51. The van der Waals surface area contributed by atoms with Crippen molar-refractivity contribution in [2.45, 2.75) is 19.8 Å². The quantitative estimate of drug-likeness (QED) is 0.699. The summed E-state index contributed by atoms with van der Waals surface area (Å²) in [5.41, 5.74) is 3.09. The summed E-state index contributed by atoms with van der Waals surface area (Å²) in [5.74, 6) is -0.336. The summed E-state index contributed by atoms with van der Waals surface area (Å²) >= 11 is 5.89. The molecule has 7 nitrogen and oxygen atoms in total. The number of hydrogen-bond acceptors (Lipinski definition) is 4. The number of aryl methyl sites for hydroxylation is 1. The van der Waals surface area contributed by atoms with Gasteiger partial charge in [0.1, 0.15) is 5.56 Å². The number of nitrogens with zero attached hydrogens (tertiary/aromatic N) is 4. The van der Waals surface area contributed by atoms with Crippen LogP contribution in [0, 0.1) is 12.8 Å². The Bertz CT molecular complexity index is 1050. The molecule has 0 saturated carbocycles. The smallest absolute Gasteiger partial charge is 0.259 e. The van der Waals surface area contributed by atoms with E-state index in [2.05, 4.69) is 15.4 Å². The molecule has 0 unspecified atom stereocenters.